The number of Topliss-reactive ketones (excluding diaryl/α,β-unsaturated/α-hetero) is 1. The maximum atomic E-state index is 12.0. The molecule has 0 radical (unpaired) electrons. The van der Waals surface area contributed by atoms with E-state index in [2.05, 4.69) is 6.92 Å². The summed E-state index contributed by atoms with van der Waals surface area (Å²) in [5.74, 6) is 1.64. The molecule has 1 fully saturated rings. The molecule has 16 heavy (non-hydrogen) atoms. The summed E-state index contributed by atoms with van der Waals surface area (Å²) in [6.07, 6.45) is 9.20. The highest BCUT2D eigenvalue weighted by Crippen LogP contribution is 2.35. The molecular formula is C14H25FO. The molecule has 0 heterocycles. The summed E-state index contributed by atoms with van der Waals surface area (Å²) in [6.45, 7) is 1.87. The number of hydrogen-bond donors (Lipinski definition) is 0. The Balaban J connectivity index is 2.33. The van der Waals surface area contributed by atoms with Crippen LogP contribution >= 0.6 is 0 Å². The van der Waals surface area contributed by atoms with Crippen LogP contribution in [0, 0.1) is 11.8 Å². The monoisotopic (exact) mass is 228 g/mol. The number of carbonyl (C=O) groups is 1. The lowest BCUT2D eigenvalue weighted by molar-refractivity contribution is -0.120. The van der Waals surface area contributed by atoms with Crippen LogP contribution in [0.5, 0.6) is 0 Å². The number of alkyl halides is 1. The average molecular weight is 228 g/mol. The fourth-order valence-electron chi connectivity index (χ4n) is 2.96. The summed E-state index contributed by atoms with van der Waals surface area (Å²) >= 11 is 0. The van der Waals surface area contributed by atoms with Crippen LogP contribution in [0.2, 0.25) is 0 Å². The number of hydrogen-bond acceptors (Lipinski definition) is 1. The molecule has 0 aromatic rings. The molecular weight excluding hydrogens is 203 g/mol. The molecule has 0 unspecified atom stereocenters. The van der Waals surface area contributed by atoms with Crippen LogP contribution in [-0.4, -0.2) is 12.5 Å². The standard InChI is InChI=1S/C14H25FO/c1-2-6-12-7-3-4-8-13(12)11-14(16)9-5-10-15/h12-13H,2-11H2,1H3/t12-,13+/m1/s1. The quantitative estimate of drug-likeness (QED) is 0.635. The van der Waals surface area contributed by atoms with Crippen LogP contribution in [-0.2, 0) is 4.79 Å². The van der Waals surface area contributed by atoms with E-state index in [0.717, 1.165) is 5.92 Å². The second-order valence-electron chi connectivity index (χ2n) is 5.13. The molecule has 0 amide bonds. The van der Waals surface area contributed by atoms with Gasteiger partial charge in [0.05, 0.1) is 6.67 Å². The van der Waals surface area contributed by atoms with Crippen LogP contribution in [0.25, 0.3) is 0 Å². The fraction of sp³-hybridized carbons (Fsp3) is 0.929. The van der Waals surface area contributed by atoms with Crippen molar-refractivity contribution in [2.45, 2.75) is 64.7 Å². The number of ketones is 1. The van der Waals surface area contributed by atoms with Crippen molar-refractivity contribution in [3.05, 3.63) is 0 Å². The molecule has 1 rings (SSSR count). The second kappa shape index (κ2) is 7.81. The SMILES string of the molecule is CCC[C@@H]1CCCC[C@H]1CC(=O)CCCF. The van der Waals surface area contributed by atoms with E-state index in [1.165, 1.54) is 38.5 Å². The third-order valence-electron chi connectivity index (χ3n) is 3.81. The normalized spacial score (nSPS) is 25.6. The molecule has 1 aliphatic rings. The van der Waals surface area contributed by atoms with E-state index in [9.17, 15) is 9.18 Å². The summed E-state index contributed by atoms with van der Waals surface area (Å²) < 4.78 is 12.0. The Kier molecular flexibility index (Phi) is 6.67. The largest absolute Gasteiger partial charge is 0.300 e. The lowest BCUT2D eigenvalue weighted by atomic mass is 9.74. The summed E-state index contributed by atoms with van der Waals surface area (Å²) in [4.78, 5) is 11.7. The van der Waals surface area contributed by atoms with E-state index in [1.807, 2.05) is 0 Å². The predicted molar refractivity (Wildman–Crippen MR) is 65.2 cm³/mol. The van der Waals surface area contributed by atoms with E-state index in [0.29, 0.717) is 25.2 Å². The number of carbonyl (C=O) groups excluding carboxylic acids is 1. The van der Waals surface area contributed by atoms with E-state index in [-0.39, 0.29) is 12.5 Å². The van der Waals surface area contributed by atoms with E-state index in [4.69, 9.17) is 0 Å². The Bertz CT molecular complexity index is 201. The Morgan fingerprint density at radius 2 is 1.94 bits per heavy atom. The molecule has 0 spiro atoms. The molecule has 0 saturated heterocycles. The Morgan fingerprint density at radius 1 is 1.25 bits per heavy atom. The molecule has 0 bridgehead atoms. The van der Waals surface area contributed by atoms with E-state index >= 15 is 0 Å². The van der Waals surface area contributed by atoms with Gasteiger partial charge < -0.3 is 0 Å². The smallest absolute Gasteiger partial charge is 0.133 e. The van der Waals surface area contributed by atoms with Gasteiger partial charge in [-0.1, -0.05) is 39.0 Å². The van der Waals surface area contributed by atoms with Crippen LogP contribution < -0.4 is 0 Å². The van der Waals surface area contributed by atoms with Crippen molar-refractivity contribution in [1.82, 2.24) is 0 Å². The van der Waals surface area contributed by atoms with Gasteiger partial charge in [0.1, 0.15) is 5.78 Å². The van der Waals surface area contributed by atoms with Gasteiger partial charge in [0.25, 0.3) is 0 Å². The lowest BCUT2D eigenvalue weighted by Gasteiger charge is -2.31. The highest BCUT2D eigenvalue weighted by atomic mass is 19.1. The Labute approximate surface area is 98.8 Å². The topological polar surface area (TPSA) is 17.1 Å². The molecule has 1 nitrogen and oxygen atoms in total. The highest BCUT2D eigenvalue weighted by Gasteiger charge is 2.25. The maximum absolute atomic E-state index is 12.0. The van der Waals surface area contributed by atoms with Gasteiger partial charge in [0.15, 0.2) is 0 Å². The molecule has 0 aromatic heterocycles. The maximum Gasteiger partial charge on any atom is 0.133 e. The molecule has 1 saturated carbocycles. The number of rotatable bonds is 7. The first-order valence-electron chi connectivity index (χ1n) is 6.85. The first kappa shape index (κ1) is 13.7. The molecule has 94 valence electrons. The summed E-state index contributed by atoms with van der Waals surface area (Å²) in [5.41, 5.74) is 0. The molecule has 1 aliphatic carbocycles. The first-order chi connectivity index (χ1) is 7.77. The molecule has 2 heteroatoms. The summed E-state index contributed by atoms with van der Waals surface area (Å²) in [5, 5.41) is 0. The summed E-state index contributed by atoms with van der Waals surface area (Å²) in [7, 11) is 0. The minimum absolute atomic E-state index is 0.283. The van der Waals surface area contributed by atoms with Gasteiger partial charge in [-0.05, 0) is 24.7 Å². The van der Waals surface area contributed by atoms with Crippen molar-refractivity contribution in [2.24, 2.45) is 11.8 Å². The fourth-order valence-corrected chi connectivity index (χ4v) is 2.96. The summed E-state index contributed by atoms with van der Waals surface area (Å²) in [6, 6.07) is 0. The van der Waals surface area contributed by atoms with Crippen molar-refractivity contribution in [1.29, 1.82) is 0 Å². The highest BCUT2D eigenvalue weighted by molar-refractivity contribution is 5.78. The first-order valence-corrected chi connectivity index (χ1v) is 6.85. The number of halogens is 1. The van der Waals surface area contributed by atoms with E-state index < -0.39 is 0 Å². The molecule has 0 aliphatic heterocycles. The molecule has 0 aromatic carbocycles. The zero-order valence-electron chi connectivity index (χ0n) is 10.5. The lowest BCUT2D eigenvalue weighted by Crippen LogP contribution is -2.22. The van der Waals surface area contributed by atoms with Crippen molar-refractivity contribution >= 4 is 5.78 Å². The van der Waals surface area contributed by atoms with Crippen molar-refractivity contribution < 1.29 is 9.18 Å². The van der Waals surface area contributed by atoms with Gasteiger partial charge in [0.2, 0.25) is 0 Å². The third-order valence-corrected chi connectivity index (χ3v) is 3.81. The predicted octanol–water partition coefficient (Wildman–Crippen LogP) is 4.30. The van der Waals surface area contributed by atoms with Crippen LogP contribution in [0.1, 0.15) is 64.7 Å². The van der Waals surface area contributed by atoms with Gasteiger partial charge in [-0.25, -0.2) is 0 Å². The van der Waals surface area contributed by atoms with E-state index in [1.54, 1.807) is 0 Å². The third kappa shape index (κ3) is 4.63. The Morgan fingerprint density at radius 3 is 2.56 bits per heavy atom. The Hall–Kier alpha value is -0.400. The van der Waals surface area contributed by atoms with Gasteiger partial charge in [-0.15, -0.1) is 0 Å². The van der Waals surface area contributed by atoms with Crippen LogP contribution in [0.4, 0.5) is 4.39 Å². The average Bonchev–Trinajstić information content (AvgIpc) is 2.29. The van der Waals surface area contributed by atoms with Gasteiger partial charge in [-0.3, -0.25) is 9.18 Å². The van der Waals surface area contributed by atoms with Crippen molar-refractivity contribution in [2.75, 3.05) is 6.67 Å². The van der Waals surface area contributed by atoms with Crippen LogP contribution in [0.3, 0.4) is 0 Å². The minimum Gasteiger partial charge on any atom is -0.300 e. The van der Waals surface area contributed by atoms with Crippen LogP contribution in [0.15, 0.2) is 0 Å². The van der Waals surface area contributed by atoms with Gasteiger partial charge >= 0.3 is 0 Å². The van der Waals surface area contributed by atoms with Crippen molar-refractivity contribution in [3.8, 4) is 0 Å². The molecule has 2 atom stereocenters. The van der Waals surface area contributed by atoms with Gasteiger partial charge in [-0.2, -0.15) is 0 Å². The second-order valence-corrected chi connectivity index (χ2v) is 5.13. The minimum atomic E-state index is -0.352. The van der Waals surface area contributed by atoms with Gasteiger partial charge in [0, 0.05) is 12.8 Å². The zero-order valence-corrected chi connectivity index (χ0v) is 10.5. The van der Waals surface area contributed by atoms with Crippen molar-refractivity contribution in [3.63, 3.8) is 0 Å². The zero-order chi connectivity index (χ0) is 11.8. The molecule has 0 N–H and O–H groups in total.